The molecule has 0 aliphatic carbocycles. The Hall–Kier alpha value is -3.28. The van der Waals surface area contributed by atoms with Crippen LogP contribution in [0.1, 0.15) is 22.8 Å². The van der Waals surface area contributed by atoms with Crippen molar-refractivity contribution in [3.63, 3.8) is 0 Å². The molecule has 0 bridgehead atoms. The second-order valence-electron chi connectivity index (χ2n) is 5.35. The number of carbonyl (C=O) groups is 2. The molecule has 0 atom stereocenters. The minimum Gasteiger partial charge on any atom is -0.493 e. The summed E-state index contributed by atoms with van der Waals surface area (Å²) in [7, 11) is 3.09. The van der Waals surface area contributed by atoms with E-state index in [2.05, 4.69) is 5.32 Å². The Balaban J connectivity index is 2.12. The van der Waals surface area contributed by atoms with Gasteiger partial charge in [0, 0.05) is 16.8 Å². The third-order valence-corrected chi connectivity index (χ3v) is 3.55. The molecule has 0 heterocycles. The highest BCUT2D eigenvalue weighted by atomic mass is 16.5. The fraction of sp³-hybridized carbons (Fsp3) is 0.158. The summed E-state index contributed by atoms with van der Waals surface area (Å²) in [6, 6.07) is 11.6. The van der Waals surface area contributed by atoms with Crippen molar-refractivity contribution in [3.05, 3.63) is 59.2 Å². The van der Waals surface area contributed by atoms with Gasteiger partial charge in [0.25, 0.3) is 11.8 Å². The van der Waals surface area contributed by atoms with E-state index in [1.807, 2.05) is 0 Å². The van der Waals surface area contributed by atoms with Crippen LogP contribution in [-0.2, 0) is 4.79 Å². The van der Waals surface area contributed by atoms with Crippen LogP contribution in [-0.4, -0.2) is 26.0 Å². The van der Waals surface area contributed by atoms with Gasteiger partial charge < -0.3 is 15.2 Å². The number of rotatable bonds is 5. The van der Waals surface area contributed by atoms with E-state index >= 15 is 0 Å². The fourth-order valence-corrected chi connectivity index (χ4v) is 2.17. The molecule has 0 radical (unpaired) electrons. The van der Waals surface area contributed by atoms with Crippen LogP contribution in [0.3, 0.4) is 0 Å². The molecule has 0 unspecified atom stereocenters. The van der Waals surface area contributed by atoms with Crippen LogP contribution in [0, 0.1) is 0 Å². The van der Waals surface area contributed by atoms with Gasteiger partial charge in [-0.1, -0.05) is 6.07 Å². The van der Waals surface area contributed by atoms with Gasteiger partial charge in [-0.25, -0.2) is 0 Å². The summed E-state index contributed by atoms with van der Waals surface area (Å²) in [4.78, 5) is 24.3. The largest absolute Gasteiger partial charge is 0.493 e. The van der Waals surface area contributed by atoms with Gasteiger partial charge in [0.1, 0.15) is 0 Å². The molecule has 130 valence electrons. The second-order valence-corrected chi connectivity index (χ2v) is 5.35. The number of anilines is 1. The minimum absolute atomic E-state index is 0.362. The molecule has 0 aromatic heterocycles. The quantitative estimate of drug-likeness (QED) is 0.645. The molecule has 0 saturated heterocycles. The van der Waals surface area contributed by atoms with Gasteiger partial charge in [-0.3, -0.25) is 14.9 Å². The van der Waals surface area contributed by atoms with Gasteiger partial charge in [0.2, 0.25) is 0 Å². The van der Waals surface area contributed by atoms with Crippen molar-refractivity contribution in [1.29, 1.82) is 0 Å². The number of carbonyl (C=O) groups excluding carboxylic acids is 2. The van der Waals surface area contributed by atoms with Crippen LogP contribution < -0.4 is 20.5 Å². The molecule has 2 amide bonds. The van der Waals surface area contributed by atoms with Crippen LogP contribution in [0.5, 0.6) is 11.5 Å². The maximum Gasteiger partial charge on any atom is 0.258 e. The van der Waals surface area contributed by atoms with Crippen molar-refractivity contribution in [3.8, 4) is 11.5 Å². The van der Waals surface area contributed by atoms with Crippen molar-refractivity contribution in [2.45, 2.75) is 6.92 Å². The predicted octanol–water partition coefficient (Wildman–Crippen LogP) is 2.65. The fourth-order valence-electron chi connectivity index (χ4n) is 2.17. The first kappa shape index (κ1) is 18.1. The number of nitrogens with one attached hydrogen (secondary N) is 1. The first-order chi connectivity index (χ1) is 11.9. The van der Waals surface area contributed by atoms with E-state index in [-0.39, 0.29) is 0 Å². The van der Waals surface area contributed by atoms with Crippen LogP contribution >= 0.6 is 0 Å². The summed E-state index contributed by atoms with van der Waals surface area (Å²) in [5.74, 6) is 0.198. The van der Waals surface area contributed by atoms with Crippen molar-refractivity contribution in [2.24, 2.45) is 0 Å². The van der Waals surface area contributed by atoms with Gasteiger partial charge in [0.05, 0.1) is 14.2 Å². The van der Waals surface area contributed by atoms with Crippen LogP contribution in [0.4, 0.5) is 5.69 Å². The number of methoxy groups -OCH3 is 2. The second kappa shape index (κ2) is 8.01. The number of imide groups is 1. The molecule has 3 N–H and O–H groups in total. The molecule has 25 heavy (non-hydrogen) atoms. The third-order valence-electron chi connectivity index (χ3n) is 3.55. The lowest BCUT2D eigenvalue weighted by Gasteiger charge is -2.08. The first-order valence-corrected chi connectivity index (χ1v) is 7.56. The van der Waals surface area contributed by atoms with E-state index in [0.717, 1.165) is 5.56 Å². The molecule has 2 rings (SSSR count). The molecule has 0 aliphatic rings. The van der Waals surface area contributed by atoms with Crippen LogP contribution in [0.2, 0.25) is 0 Å². The SMILES string of the molecule is COc1ccc(/C=C(\C)C(=O)NC(=O)c2ccc(N)cc2)cc1OC. The minimum atomic E-state index is -0.481. The zero-order valence-electron chi connectivity index (χ0n) is 14.3. The van der Waals surface area contributed by atoms with Crippen molar-refractivity contribution in [1.82, 2.24) is 5.32 Å². The molecule has 6 heteroatoms. The number of amides is 2. The van der Waals surface area contributed by atoms with E-state index in [1.54, 1.807) is 62.6 Å². The van der Waals surface area contributed by atoms with Crippen molar-refractivity contribution in [2.75, 3.05) is 20.0 Å². The first-order valence-electron chi connectivity index (χ1n) is 7.56. The van der Waals surface area contributed by atoms with Gasteiger partial charge in [-0.15, -0.1) is 0 Å². The lowest BCUT2D eigenvalue weighted by atomic mass is 10.1. The number of benzene rings is 2. The molecule has 6 nitrogen and oxygen atoms in total. The lowest BCUT2D eigenvalue weighted by Crippen LogP contribution is -2.30. The van der Waals surface area contributed by atoms with Gasteiger partial charge in [0.15, 0.2) is 11.5 Å². The highest BCUT2D eigenvalue weighted by Crippen LogP contribution is 2.28. The van der Waals surface area contributed by atoms with Gasteiger partial charge in [-0.05, 0) is 55.0 Å². The monoisotopic (exact) mass is 340 g/mol. The Labute approximate surface area is 146 Å². The standard InChI is InChI=1S/C19H20N2O4/c1-12(10-13-4-9-16(24-2)17(11-13)25-3)18(22)21-19(23)14-5-7-15(20)8-6-14/h4-11H,20H2,1-3H3,(H,21,22,23)/b12-10+. The van der Waals surface area contributed by atoms with Crippen molar-refractivity contribution < 1.29 is 19.1 Å². The van der Waals surface area contributed by atoms with Gasteiger partial charge >= 0.3 is 0 Å². The molecule has 0 fully saturated rings. The van der Waals surface area contributed by atoms with E-state index in [9.17, 15) is 9.59 Å². The normalized spacial score (nSPS) is 10.9. The van der Waals surface area contributed by atoms with E-state index < -0.39 is 11.8 Å². The summed E-state index contributed by atoms with van der Waals surface area (Å²) in [6.07, 6.45) is 1.66. The Morgan fingerprint density at radius 1 is 1.00 bits per heavy atom. The summed E-state index contributed by atoms with van der Waals surface area (Å²) in [6.45, 7) is 1.63. The Morgan fingerprint density at radius 3 is 2.24 bits per heavy atom. The van der Waals surface area contributed by atoms with Crippen LogP contribution in [0.15, 0.2) is 48.0 Å². The molecule has 2 aromatic carbocycles. The third kappa shape index (κ3) is 4.60. The molecule has 2 aromatic rings. The number of nitrogens with two attached hydrogens (primary N) is 1. The molecule has 0 aliphatic heterocycles. The smallest absolute Gasteiger partial charge is 0.258 e. The van der Waals surface area contributed by atoms with Crippen molar-refractivity contribution >= 4 is 23.6 Å². The molecular weight excluding hydrogens is 320 g/mol. The summed E-state index contributed by atoms with van der Waals surface area (Å²) >= 11 is 0. The summed E-state index contributed by atoms with van der Waals surface area (Å²) < 4.78 is 10.4. The lowest BCUT2D eigenvalue weighted by molar-refractivity contribution is -0.116. The topological polar surface area (TPSA) is 90.7 Å². The number of hydrogen-bond donors (Lipinski definition) is 2. The Morgan fingerprint density at radius 2 is 1.64 bits per heavy atom. The maximum absolute atomic E-state index is 12.2. The number of ether oxygens (including phenoxy) is 2. The molecule has 0 spiro atoms. The average Bonchev–Trinajstić information content (AvgIpc) is 2.61. The average molecular weight is 340 g/mol. The van der Waals surface area contributed by atoms with E-state index in [4.69, 9.17) is 15.2 Å². The number of nitrogen functional groups attached to an aromatic ring is 1. The summed E-state index contributed by atoms with van der Waals surface area (Å²) in [5, 5.41) is 2.34. The van der Waals surface area contributed by atoms with Crippen LogP contribution in [0.25, 0.3) is 6.08 Å². The zero-order chi connectivity index (χ0) is 18.4. The maximum atomic E-state index is 12.2. The van der Waals surface area contributed by atoms with E-state index in [1.165, 1.54) is 7.11 Å². The molecule has 0 saturated carbocycles. The van der Waals surface area contributed by atoms with Gasteiger partial charge in [-0.2, -0.15) is 0 Å². The Kier molecular flexibility index (Phi) is 5.79. The molecular formula is C19H20N2O4. The highest BCUT2D eigenvalue weighted by Gasteiger charge is 2.12. The Bertz CT molecular complexity index is 811. The summed E-state index contributed by atoms with van der Waals surface area (Å²) in [5.41, 5.74) is 7.63. The highest BCUT2D eigenvalue weighted by molar-refractivity contribution is 6.11. The zero-order valence-corrected chi connectivity index (χ0v) is 14.3. The number of hydrogen-bond acceptors (Lipinski definition) is 5. The van der Waals surface area contributed by atoms with E-state index in [0.29, 0.717) is 28.3 Å². The predicted molar refractivity (Wildman–Crippen MR) is 96.5 cm³/mol.